The van der Waals surface area contributed by atoms with Crippen LogP contribution < -0.4 is 5.73 Å². The summed E-state index contributed by atoms with van der Waals surface area (Å²) in [4.78, 5) is 4.08. The summed E-state index contributed by atoms with van der Waals surface area (Å²) in [6, 6.07) is 5.09. The van der Waals surface area contributed by atoms with Gasteiger partial charge in [-0.05, 0) is 24.5 Å². The Labute approximate surface area is 91.1 Å². The Kier molecular flexibility index (Phi) is 3.90. The topological polar surface area (TPSA) is 38.4 Å². The number of thioether (sulfide) groups is 1. The van der Waals surface area contributed by atoms with Gasteiger partial charge in [-0.15, -0.1) is 0 Å². The molecule has 0 atom stereocenters. The van der Waals surface area contributed by atoms with Crippen molar-refractivity contribution in [2.45, 2.75) is 0 Å². The van der Waals surface area contributed by atoms with Gasteiger partial charge in [-0.2, -0.15) is 0 Å². The largest absolute Gasteiger partial charge is 0.378 e. The van der Waals surface area contributed by atoms with Crippen molar-refractivity contribution in [1.82, 2.24) is 0 Å². The summed E-state index contributed by atoms with van der Waals surface area (Å²) in [5, 5.41) is 1.57. The third-order valence-electron chi connectivity index (χ3n) is 1.35. The van der Waals surface area contributed by atoms with Crippen molar-refractivity contribution < 1.29 is 0 Å². The third kappa shape index (κ3) is 3.10. The number of benzene rings is 1. The smallest absolute Gasteiger partial charge is 0.158 e. The van der Waals surface area contributed by atoms with Crippen molar-refractivity contribution in [2.75, 3.05) is 6.26 Å². The summed E-state index contributed by atoms with van der Waals surface area (Å²) >= 11 is 13.0. The lowest BCUT2D eigenvalue weighted by Gasteiger charge is -1.99. The minimum Gasteiger partial charge on any atom is -0.378 e. The number of rotatable bonds is 1. The van der Waals surface area contributed by atoms with Crippen molar-refractivity contribution in [3.8, 4) is 0 Å². The van der Waals surface area contributed by atoms with Crippen molar-refractivity contribution in [3.05, 3.63) is 28.2 Å². The quantitative estimate of drug-likeness (QED) is 0.599. The van der Waals surface area contributed by atoms with E-state index in [-0.39, 0.29) is 0 Å². The first-order chi connectivity index (χ1) is 6.13. The molecule has 2 nitrogen and oxygen atoms in total. The second-order valence-electron chi connectivity index (χ2n) is 2.25. The molecule has 0 spiro atoms. The predicted octanol–water partition coefficient (Wildman–Crippen LogP) is 3.30. The van der Waals surface area contributed by atoms with Crippen LogP contribution in [0.15, 0.2) is 23.2 Å². The molecule has 0 fully saturated rings. The zero-order chi connectivity index (χ0) is 9.84. The van der Waals surface area contributed by atoms with Gasteiger partial charge < -0.3 is 5.73 Å². The van der Waals surface area contributed by atoms with Gasteiger partial charge >= 0.3 is 0 Å². The second kappa shape index (κ2) is 4.74. The van der Waals surface area contributed by atoms with E-state index in [0.717, 1.165) is 0 Å². The molecule has 1 aromatic rings. The van der Waals surface area contributed by atoms with E-state index >= 15 is 0 Å². The Hall–Kier alpha value is -0.380. The molecular weight excluding hydrogens is 227 g/mol. The van der Waals surface area contributed by atoms with Crippen LogP contribution in [-0.4, -0.2) is 11.4 Å². The lowest BCUT2D eigenvalue weighted by molar-refractivity contribution is 1.51. The summed E-state index contributed by atoms with van der Waals surface area (Å²) in [6.07, 6.45) is 1.85. The van der Waals surface area contributed by atoms with E-state index in [2.05, 4.69) is 4.99 Å². The molecule has 0 heterocycles. The van der Waals surface area contributed by atoms with Gasteiger partial charge in [0.1, 0.15) is 0 Å². The molecule has 5 heteroatoms. The standard InChI is InChI=1S/C8H8Cl2N2S/c1-13-8(11)12-7-3-2-5(9)4-6(7)10/h2-4H,1H3,(H2,11,12). The maximum absolute atomic E-state index is 5.87. The molecule has 0 aromatic heterocycles. The predicted molar refractivity (Wildman–Crippen MR) is 61.3 cm³/mol. The first kappa shape index (κ1) is 10.7. The van der Waals surface area contributed by atoms with Crippen LogP contribution in [0.4, 0.5) is 5.69 Å². The number of aliphatic imine (C=N–C) groups is 1. The van der Waals surface area contributed by atoms with Crippen molar-refractivity contribution >= 4 is 45.8 Å². The molecule has 0 saturated carbocycles. The highest BCUT2D eigenvalue weighted by atomic mass is 35.5. The molecule has 0 unspecified atom stereocenters. The van der Waals surface area contributed by atoms with Crippen molar-refractivity contribution in [3.63, 3.8) is 0 Å². The van der Waals surface area contributed by atoms with Crippen LogP contribution in [-0.2, 0) is 0 Å². The van der Waals surface area contributed by atoms with Crippen LogP contribution >= 0.6 is 35.0 Å². The second-order valence-corrected chi connectivity index (χ2v) is 3.92. The Balaban J connectivity index is 3.03. The molecule has 0 amide bonds. The molecule has 13 heavy (non-hydrogen) atoms. The van der Waals surface area contributed by atoms with E-state index in [9.17, 15) is 0 Å². The Morgan fingerprint density at radius 2 is 2.15 bits per heavy atom. The number of amidine groups is 1. The lowest BCUT2D eigenvalue weighted by atomic mass is 10.3. The highest BCUT2D eigenvalue weighted by molar-refractivity contribution is 8.13. The molecule has 0 aliphatic rings. The van der Waals surface area contributed by atoms with Gasteiger partial charge in [0.25, 0.3) is 0 Å². The molecule has 0 aliphatic carbocycles. The average molecular weight is 235 g/mol. The fraction of sp³-hybridized carbons (Fsp3) is 0.125. The zero-order valence-corrected chi connectivity index (χ0v) is 9.25. The summed E-state index contributed by atoms with van der Waals surface area (Å²) < 4.78 is 0. The van der Waals surface area contributed by atoms with Crippen LogP contribution in [0.3, 0.4) is 0 Å². The summed E-state index contributed by atoms with van der Waals surface area (Å²) in [6.45, 7) is 0. The molecule has 70 valence electrons. The van der Waals surface area contributed by atoms with Gasteiger partial charge in [0.05, 0.1) is 10.7 Å². The summed E-state index contributed by atoms with van der Waals surface area (Å²) in [7, 11) is 0. The van der Waals surface area contributed by atoms with Gasteiger partial charge in [0.2, 0.25) is 0 Å². The summed E-state index contributed by atoms with van der Waals surface area (Å²) in [5.41, 5.74) is 6.17. The van der Waals surface area contributed by atoms with E-state index in [4.69, 9.17) is 28.9 Å². The van der Waals surface area contributed by atoms with Crippen LogP contribution in [0.2, 0.25) is 10.0 Å². The van der Waals surface area contributed by atoms with Gasteiger partial charge in [0.15, 0.2) is 5.17 Å². The minimum atomic E-state index is 0.476. The Bertz CT molecular complexity index is 339. The van der Waals surface area contributed by atoms with E-state index in [0.29, 0.717) is 20.9 Å². The molecule has 0 aliphatic heterocycles. The van der Waals surface area contributed by atoms with E-state index in [1.54, 1.807) is 18.2 Å². The van der Waals surface area contributed by atoms with E-state index in [1.165, 1.54) is 11.8 Å². The number of hydrogen-bond donors (Lipinski definition) is 1. The van der Waals surface area contributed by atoms with Crippen molar-refractivity contribution in [1.29, 1.82) is 0 Å². The Morgan fingerprint density at radius 3 is 2.69 bits per heavy atom. The average Bonchev–Trinajstić information content (AvgIpc) is 2.09. The molecular formula is C8H8Cl2N2S. The molecule has 0 saturated heterocycles. The first-order valence-corrected chi connectivity index (χ1v) is 5.44. The maximum atomic E-state index is 5.87. The monoisotopic (exact) mass is 234 g/mol. The lowest BCUT2D eigenvalue weighted by Crippen LogP contribution is -2.04. The van der Waals surface area contributed by atoms with Crippen LogP contribution in [0.5, 0.6) is 0 Å². The van der Waals surface area contributed by atoms with E-state index < -0.39 is 0 Å². The fourth-order valence-electron chi connectivity index (χ4n) is 0.736. The highest BCUT2D eigenvalue weighted by Crippen LogP contribution is 2.28. The van der Waals surface area contributed by atoms with Crippen LogP contribution in [0.25, 0.3) is 0 Å². The van der Waals surface area contributed by atoms with Crippen LogP contribution in [0, 0.1) is 0 Å². The highest BCUT2D eigenvalue weighted by Gasteiger charge is 1.99. The van der Waals surface area contributed by atoms with Crippen molar-refractivity contribution in [2.24, 2.45) is 10.7 Å². The van der Waals surface area contributed by atoms with Gasteiger partial charge in [-0.25, -0.2) is 4.99 Å². The van der Waals surface area contributed by atoms with Gasteiger partial charge in [-0.1, -0.05) is 35.0 Å². The van der Waals surface area contributed by atoms with Gasteiger partial charge in [0, 0.05) is 5.02 Å². The fourth-order valence-corrected chi connectivity index (χ4v) is 1.38. The molecule has 0 bridgehead atoms. The maximum Gasteiger partial charge on any atom is 0.158 e. The van der Waals surface area contributed by atoms with Crippen LogP contribution in [0.1, 0.15) is 0 Å². The first-order valence-electron chi connectivity index (χ1n) is 3.46. The molecule has 1 aromatic carbocycles. The third-order valence-corrected chi connectivity index (χ3v) is 2.40. The van der Waals surface area contributed by atoms with Gasteiger partial charge in [-0.3, -0.25) is 0 Å². The number of nitrogens with two attached hydrogens (primary N) is 1. The van der Waals surface area contributed by atoms with E-state index in [1.807, 2.05) is 6.26 Å². The molecule has 1 rings (SSSR count). The number of nitrogens with zero attached hydrogens (tertiary/aromatic N) is 1. The normalized spacial score (nSPS) is 11.8. The minimum absolute atomic E-state index is 0.476. The zero-order valence-electron chi connectivity index (χ0n) is 6.92. The molecule has 2 N–H and O–H groups in total. The number of hydrogen-bond acceptors (Lipinski definition) is 2. The Morgan fingerprint density at radius 1 is 1.46 bits per heavy atom. The SMILES string of the molecule is CSC(N)=Nc1ccc(Cl)cc1Cl. The molecule has 0 radical (unpaired) electrons. The number of halogens is 2. The summed E-state index contributed by atoms with van der Waals surface area (Å²) in [5.74, 6) is 0.